The van der Waals surface area contributed by atoms with E-state index in [0.717, 1.165) is 16.5 Å². The van der Waals surface area contributed by atoms with Crippen LogP contribution in [0, 0.1) is 0 Å². The fraction of sp³-hybridized carbons (Fsp3) is 0.129. The molecule has 9 heteroatoms. The van der Waals surface area contributed by atoms with Crippen molar-refractivity contribution in [3.8, 4) is 17.2 Å². The van der Waals surface area contributed by atoms with Crippen LogP contribution in [0.25, 0.3) is 0 Å². The van der Waals surface area contributed by atoms with E-state index in [4.69, 9.17) is 25.8 Å². The van der Waals surface area contributed by atoms with Crippen LogP contribution >= 0.6 is 27.5 Å². The molecule has 0 aliphatic carbocycles. The zero-order valence-corrected chi connectivity index (χ0v) is 23.9. The standard InChI is InChI=1S/C31H26BrClN2O5/c1-2-17-38-27-14-7-23(8-15-27)31(37)40-29-16-9-25(32)18-24(29)19-34-35-30(36)22-5-12-28(13-6-22)39-20-21-3-10-26(33)11-4-21/h3-16,18-19H,2,17,20H2,1H3,(H,35,36)/b34-19-. The lowest BCUT2D eigenvalue weighted by Gasteiger charge is -2.09. The van der Waals surface area contributed by atoms with E-state index >= 15 is 0 Å². The smallest absolute Gasteiger partial charge is 0.343 e. The molecular weight excluding hydrogens is 596 g/mol. The molecule has 0 spiro atoms. The van der Waals surface area contributed by atoms with E-state index in [9.17, 15) is 9.59 Å². The fourth-order valence-electron chi connectivity index (χ4n) is 3.45. The van der Waals surface area contributed by atoms with E-state index in [1.165, 1.54) is 6.21 Å². The molecule has 4 rings (SSSR count). The summed E-state index contributed by atoms with van der Waals surface area (Å²) < 4.78 is 17.7. The Labute approximate surface area is 245 Å². The molecule has 4 aromatic rings. The molecule has 0 saturated carbocycles. The summed E-state index contributed by atoms with van der Waals surface area (Å²) in [6.07, 6.45) is 2.31. The van der Waals surface area contributed by atoms with Gasteiger partial charge in [0.2, 0.25) is 0 Å². The summed E-state index contributed by atoms with van der Waals surface area (Å²) in [5.41, 5.74) is 4.75. The van der Waals surface area contributed by atoms with Crippen LogP contribution in [-0.4, -0.2) is 24.7 Å². The number of hydrogen-bond acceptors (Lipinski definition) is 6. The third-order valence-electron chi connectivity index (χ3n) is 5.54. The zero-order chi connectivity index (χ0) is 28.3. The number of amides is 1. The molecule has 4 aromatic carbocycles. The van der Waals surface area contributed by atoms with Gasteiger partial charge in [-0.2, -0.15) is 5.10 Å². The number of nitrogens with zero attached hydrogens (tertiary/aromatic N) is 1. The fourth-order valence-corrected chi connectivity index (χ4v) is 3.96. The van der Waals surface area contributed by atoms with Crippen molar-refractivity contribution in [1.82, 2.24) is 5.43 Å². The summed E-state index contributed by atoms with van der Waals surface area (Å²) in [6, 6.07) is 26.0. The second-order valence-corrected chi connectivity index (χ2v) is 9.94. The Hall–Kier alpha value is -4.14. The second-order valence-electron chi connectivity index (χ2n) is 8.58. The Morgan fingerprint density at radius 3 is 2.20 bits per heavy atom. The van der Waals surface area contributed by atoms with Crippen LogP contribution in [0.5, 0.6) is 17.2 Å². The van der Waals surface area contributed by atoms with Gasteiger partial charge in [-0.25, -0.2) is 10.2 Å². The highest BCUT2D eigenvalue weighted by atomic mass is 79.9. The summed E-state index contributed by atoms with van der Waals surface area (Å²) in [5.74, 6) is 0.671. The van der Waals surface area contributed by atoms with Crippen LogP contribution in [0.1, 0.15) is 45.2 Å². The molecule has 0 atom stereocenters. The molecule has 0 saturated heterocycles. The van der Waals surface area contributed by atoms with Crippen molar-refractivity contribution in [2.45, 2.75) is 20.0 Å². The first kappa shape index (κ1) is 28.9. The average Bonchev–Trinajstić information content (AvgIpc) is 2.97. The number of ether oxygens (including phenoxy) is 3. The molecule has 0 heterocycles. The largest absolute Gasteiger partial charge is 0.494 e. The van der Waals surface area contributed by atoms with Gasteiger partial charge in [-0.1, -0.05) is 46.6 Å². The Kier molecular flexibility index (Phi) is 10.3. The van der Waals surface area contributed by atoms with E-state index in [-0.39, 0.29) is 0 Å². The van der Waals surface area contributed by atoms with Crippen molar-refractivity contribution in [3.05, 3.63) is 123 Å². The molecule has 7 nitrogen and oxygen atoms in total. The lowest BCUT2D eigenvalue weighted by atomic mass is 10.2. The van der Waals surface area contributed by atoms with Gasteiger partial charge in [0.1, 0.15) is 23.9 Å². The highest BCUT2D eigenvalue weighted by molar-refractivity contribution is 9.10. The van der Waals surface area contributed by atoms with Gasteiger partial charge in [0.05, 0.1) is 18.4 Å². The Morgan fingerprint density at radius 2 is 1.52 bits per heavy atom. The number of esters is 1. The molecular formula is C31H26BrClN2O5. The van der Waals surface area contributed by atoms with Crippen LogP contribution in [0.4, 0.5) is 0 Å². The molecule has 0 unspecified atom stereocenters. The Balaban J connectivity index is 1.34. The topological polar surface area (TPSA) is 86.2 Å². The Bertz CT molecular complexity index is 1470. The van der Waals surface area contributed by atoms with Gasteiger partial charge in [0.15, 0.2) is 0 Å². The van der Waals surface area contributed by atoms with Crippen LogP contribution < -0.4 is 19.6 Å². The first-order chi connectivity index (χ1) is 19.4. The van der Waals surface area contributed by atoms with Crippen molar-refractivity contribution in [2.24, 2.45) is 5.10 Å². The number of nitrogens with one attached hydrogen (secondary N) is 1. The van der Waals surface area contributed by atoms with Crippen LogP contribution in [-0.2, 0) is 6.61 Å². The predicted octanol–water partition coefficient (Wildman–Crippen LogP) is 7.45. The van der Waals surface area contributed by atoms with Gasteiger partial charge in [0, 0.05) is 20.6 Å². The van der Waals surface area contributed by atoms with Gasteiger partial charge < -0.3 is 14.2 Å². The summed E-state index contributed by atoms with van der Waals surface area (Å²) in [6.45, 7) is 3.01. The van der Waals surface area contributed by atoms with Gasteiger partial charge in [-0.05, 0) is 90.8 Å². The first-order valence-corrected chi connectivity index (χ1v) is 13.6. The third-order valence-corrected chi connectivity index (χ3v) is 6.29. The van der Waals surface area contributed by atoms with Crippen molar-refractivity contribution in [1.29, 1.82) is 0 Å². The SMILES string of the molecule is CCCOc1ccc(C(=O)Oc2ccc(Br)cc2/C=N\NC(=O)c2ccc(OCc3ccc(Cl)cc3)cc2)cc1. The van der Waals surface area contributed by atoms with Crippen molar-refractivity contribution in [2.75, 3.05) is 6.61 Å². The number of carbonyl (C=O) groups is 2. The summed E-state index contributed by atoms with van der Waals surface area (Å²) in [5, 5.41) is 4.72. The first-order valence-electron chi connectivity index (χ1n) is 12.5. The van der Waals surface area contributed by atoms with E-state index in [1.807, 2.05) is 19.1 Å². The molecule has 1 amide bonds. The minimum absolute atomic E-state index is 0.291. The quantitative estimate of drug-likeness (QED) is 0.0814. The second kappa shape index (κ2) is 14.3. The van der Waals surface area contributed by atoms with Crippen LogP contribution in [0.15, 0.2) is 101 Å². The van der Waals surface area contributed by atoms with Crippen molar-refractivity contribution < 1.29 is 23.8 Å². The lowest BCUT2D eigenvalue weighted by Crippen LogP contribution is -2.17. The predicted molar refractivity (Wildman–Crippen MR) is 159 cm³/mol. The van der Waals surface area contributed by atoms with Crippen molar-refractivity contribution >= 4 is 45.6 Å². The number of rotatable bonds is 11. The third kappa shape index (κ3) is 8.43. The van der Waals surface area contributed by atoms with E-state index < -0.39 is 11.9 Å². The van der Waals surface area contributed by atoms with E-state index in [0.29, 0.717) is 52.2 Å². The van der Waals surface area contributed by atoms with Gasteiger partial charge in [0.25, 0.3) is 5.91 Å². The maximum Gasteiger partial charge on any atom is 0.343 e. The number of carbonyl (C=O) groups excluding carboxylic acids is 2. The molecule has 204 valence electrons. The monoisotopic (exact) mass is 620 g/mol. The van der Waals surface area contributed by atoms with Gasteiger partial charge >= 0.3 is 5.97 Å². The number of halogens is 2. The number of hydrogen-bond donors (Lipinski definition) is 1. The molecule has 0 radical (unpaired) electrons. The minimum atomic E-state index is -0.526. The van der Waals surface area contributed by atoms with Gasteiger partial charge in [-0.3, -0.25) is 4.79 Å². The molecule has 0 fully saturated rings. The maximum absolute atomic E-state index is 12.7. The number of hydrazone groups is 1. The molecule has 0 bridgehead atoms. The number of benzene rings is 4. The average molecular weight is 622 g/mol. The Morgan fingerprint density at radius 1 is 0.875 bits per heavy atom. The van der Waals surface area contributed by atoms with E-state index in [1.54, 1.807) is 78.9 Å². The molecule has 1 N–H and O–H groups in total. The summed E-state index contributed by atoms with van der Waals surface area (Å²) >= 11 is 9.32. The maximum atomic E-state index is 12.7. The molecule has 0 aliphatic rings. The normalized spacial score (nSPS) is 10.8. The van der Waals surface area contributed by atoms with Crippen molar-refractivity contribution in [3.63, 3.8) is 0 Å². The molecule has 40 heavy (non-hydrogen) atoms. The van der Waals surface area contributed by atoms with E-state index in [2.05, 4.69) is 26.5 Å². The van der Waals surface area contributed by atoms with Gasteiger partial charge in [-0.15, -0.1) is 0 Å². The zero-order valence-electron chi connectivity index (χ0n) is 21.6. The lowest BCUT2D eigenvalue weighted by molar-refractivity contribution is 0.0734. The minimum Gasteiger partial charge on any atom is -0.494 e. The highest BCUT2D eigenvalue weighted by Crippen LogP contribution is 2.23. The van der Waals surface area contributed by atoms with Crippen LogP contribution in [0.2, 0.25) is 5.02 Å². The summed E-state index contributed by atoms with van der Waals surface area (Å²) in [7, 11) is 0. The van der Waals surface area contributed by atoms with Crippen LogP contribution in [0.3, 0.4) is 0 Å². The highest BCUT2D eigenvalue weighted by Gasteiger charge is 2.12. The molecule has 0 aliphatic heterocycles. The summed E-state index contributed by atoms with van der Waals surface area (Å²) in [4.78, 5) is 25.3. The molecule has 0 aromatic heterocycles.